The first-order valence-corrected chi connectivity index (χ1v) is 26.2. The van der Waals surface area contributed by atoms with Gasteiger partial charge < -0.3 is 74.5 Å². The molecule has 16 N–H and O–H groups in total. The van der Waals surface area contributed by atoms with Gasteiger partial charge in [0.1, 0.15) is 60.5 Å². The molecule has 7 rings (SSSR count). The van der Waals surface area contributed by atoms with Crippen LogP contribution in [0.15, 0.2) is 35.7 Å². The number of carbonyl (C=O) groups excluding carboxylic acids is 9. The number of hydrogen-bond donors (Lipinski definition) is 14. The normalized spacial score (nSPS) is 23.9. The first kappa shape index (κ1) is 59.7. The summed E-state index contributed by atoms with van der Waals surface area (Å²) in [6, 6.07) is -6.02. The molecule has 0 spiro atoms. The van der Waals surface area contributed by atoms with Crippen LogP contribution in [0.4, 0.5) is 0 Å². The van der Waals surface area contributed by atoms with Gasteiger partial charge in [0.15, 0.2) is 5.96 Å². The molecule has 28 heteroatoms. The van der Waals surface area contributed by atoms with Gasteiger partial charge in [-0.25, -0.2) is 9.78 Å². The Balaban J connectivity index is 1.57. The molecule has 6 heterocycles. The number of nitrogens with zero attached hydrogens (tertiary/aromatic N) is 3. The van der Waals surface area contributed by atoms with Crippen molar-refractivity contribution < 1.29 is 63.0 Å². The Morgan fingerprint density at radius 2 is 1.51 bits per heavy atom. The molecule has 4 aliphatic rings. The monoisotopic (exact) mass is 1100 g/mol. The maximum atomic E-state index is 15.0. The maximum Gasteiger partial charge on any atom is 0.326 e. The molecule has 0 radical (unpaired) electrons. The lowest BCUT2D eigenvalue weighted by Gasteiger charge is -2.33. The number of aliphatic imine (C=N–C) groups is 1. The van der Waals surface area contributed by atoms with Crippen LogP contribution >= 0.6 is 0 Å². The molecule has 0 aliphatic carbocycles. The number of aromatic amines is 1. The summed E-state index contributed by atoms with van der Waals surface area (Å²) in [5, 5.41) is 43.4. The third kappa shape index (κ3) is 15.6. The molecule has 2 aromatic heterocycles. The predicted octanol–water partition coefficient (Wildman–Crippen LogP) is -2.69. The molecule has 0 unspecified atom stereocenters. The van der Waals surface area contributed by atoms with Crippen LogP contribution < -0.4 is 59.3 Å². The molecular weight excluding hydrogens is 1030 g/mol. The fourth-order valence-electron chi connectivity index (χ4n) is 9.90. The van der Waals surface area contributed by atoms with Gasteiger partial charge in [-0.15, -0.1) is 0 Å². The molecule has 1 aromatic carbocycles. The van der Waals surface area contributed by atoms with E-state index in [9.17, 15) is 63.0 Å². The first-order chi connectivity index (χ1) is 37.3. The van der Waals surface area contributed by atoms with Gasteiger partial charge in [0.25, 0.3) is 0 Å². The Labute approximate surface area is 453 Å². The van der Waals surface area contributed by atoms with Crippen molar-refractivity contribution in [2.75, 3.05) is 13.1 Å². The van der Waals surface area contributed by atoms with Crippen LogP contribution in [0.5, 0.6) is 0 Å². The predicted molar refractivity (Wildman–Crippen MR) is 282 cm³/mol. The lowest BCUT2D eigenvalue weighted by Crippen LogP contribution is -2.61. The third-order valence-electron chi connectivity index (χ3n) is 13.8. The van der Waals surface area contributed by atoms with E-state index in [1.54, 1.807) is 32.0 Å². The highest BCUT2D eigenvalue weighted by Gasteiger charge is 2.41. The van der Waals surface area contributed by atoms with Gasteiger partial charge >= 0.3 is 11.9 Å². The lowest BCUT2D eigenvalue weighted by molar-refractivity contribution is -0.147. The topological polar surface area (TPSA) is 435 Å². The minimum Gasteiger partial charge on any atom is -0.481 e. The largest absolute Gasteiger partial charge is 0.481 e. The number of carboxylic acids is 2. The number of carboxylic acid groups (broad SMARTS) is 2. The average Bonchev–Trinajstić information content (AvgIpc) is 4.36. The second-order valence-electron chi connectivity index (χ2n) is 21.2. The van der Waals surface area contributed by atoms with E-state index in [2.05, 4.69) is 62.8 Å². The summed E-state index contributed by atoms with van der Waals surface area (Å²) in [6.45, 7) is 9.96. The van der Waals surface area contributed by atoms with Gasteiger partial charge in [-0.1, -0.05) is 53.7 Å². The Bertz CT molecular complexity index is 2870. The molecule has 4 aliphatic heterocycles. The van der Waals surface area contributed by atoms with Crippen molar-refractivity contribution in [2.24, 2.45) is 34.2 Å². The van der Waals surface area contributed by atoms with E-state index in [0.29, 0.717) is 22.0 Å². The summed E-state index contributed by atoms with van der Waals surface area (Å²) in [5.74, 6) is -12.1. The van der Waals surface area contributed by atoms with Gasteiger partial charge in [0, 0.05) is 54.4 Å². The van der Waals surface area contributed by atoms with E-state index in [-0.39, 0.29) is 80.3 Å². The molecule has 9 atom stereocenters. The minimum absolute atomic E-state index is 0.0175. The Hall–Kier alpha value is -8.59. The number of carbonyl (C=O) groups is 11. The van der Waals surface area contributed by atoms with Crippen molar-refractivity contribution in [3.63, 3.8) is 0 Å². The summed E-state index contributed by atoms with van der Waals surface area (Å²) in [4.78, 5) is 162. The van der Waals surface area contributed by atoms with Gasteiger partial charge in [-0.3, -0.25) is 57.5 Å². The highest BCUT2D eigenvalue weighted by Crippen LogP contribution is 2.35. The Morgan fingerprint density at radius 3 is 2.14 bits per heavy atom. The number of H-pyrrole nitrogens is 1. The average molecular weight is 1100 g/mol. The maximum absolute atomic E-state index is 15.0. The number of aliphatic carboxylic acids is 2. The second kappa shape index (κ2) is 26.2. The van der Waals surface area contributed by atoms with Crippen LogP contribution in [0, 0.1) is 17.8 Å². The highest BCUT2D eigenvalue weighted by molar-refractivity contribution is 6.00. The second-order valence-corrected chi connectivity index (χ2v) is 21.2. The number of hydrogen-bond acceptors (Lipinski definition) is 13. The van der Waals surface area contributed by atoms with Crippen LogP contribution in [-0.4, -0.2) is 157 Å². The van der Waals surface area contributed by atoms with Crippen LogP contribution in [-0.2, 0) is 65.6 Å². The van der Waals surface area contributed by atoms with Gasteiger partial charge in [0.05, 0.1) is 18.7 Å². The molecule has 9 amide bonds. The molecular formula is C51H71N15O13. The summed E-state index contributed by atoms with van der Waals surface area (Å²) in [5.41, 5.74) is 12.6. The van der Waals surface area contributed by atoms with E-state index in [0.717, 1.165) is 0 Å². The van der Waals surface area contributed by atoms with E-state index in [1.807, 2.05) is 27.7 Å². The molecule has 28 nitrogen and oxygen atoms in total. The lowest BCUT2D eigenvalue weighted by atomic mass is 9.81. The van der Waals surface area contributed by atoms with Crippen LogP contribution in [0.3, 0.4) is 0 Å². The zero-order valence-corrected chi connectivity index (χ0v) is 44.8. The first-order valence-electron chi connectivity index (χ1n) is 26.2. The third-order valence-corrected chi connectivity index (χ3v) is 13.8. The standard InChI is InChI=1S/C51H71N15O13/c1-22(2)14-32-47(75)64-40(24(5)6)48(76)62-34-17-28-27-10-9-25(39(23(3)4)41(49(77)61-32)65-44(72)30-11-12-36(67)57-30)15-31(27)59-42(28)66-20-26(56-21-66)16-33(45(73)63-35(50(78)79)18-38(69)70)58-37(68)19-55-43(71)29(60-46(34)74)8-7-13-54-51(52)53/h9-10,15,20-24,29-30,32-35,39-41,59H,7-8,11-14,16-19H2,1-6H3,(H,55,71)(H,57,67)(H,58,68)(H,60,74)(H,61,77)(H,62,76)(H,63,73)(H,64,75)(H,65,72)(H,69,70)(H,78,79)(H4,52,53,54)/t29-,30-,32-,33-,34+,35-,39+,40-,41-/m1/s1. The van der Waals surface area contributed by atoms with E-state index >= 15 is 0 Å². The number of rotatable bonds is 15. The fraction of sp³-hybridized carbons (Fsp3) is 0.549. The molecule has 79 heavy (non-hydrogen) atoms. The summed E-state index contributed by atoms with van der Waals surface area (Å²) in [7, 11) is 0. The van der Waals surface area contributed by atoms with Gasteiger partial charge in [-0.2, -0.15) is 0 Å². The molecule has 1 saturated heterocycles. The van der Waals surface area contributed by atoms with Gasteiger partial charge in [-0.05, 0) is 55.1 Å². The van der Waals surface area contributed by atoms with Crippen molar-refractivity contribution in [3.8, 4) is 5.82 Å². The molecule has 3 aromatic rings. The van der Waals surface area contributed by atoms with Crippen LogP contribution in [0.1, 0.15) is 103 Å². The summed E-state index contributed by atoms with van der Waals surface area (Å²) < 4.78 is 1.51. The number of guanidine groups is 1. The molecule has 428 valence electrons. The van der Waals surface area contributed by atoms with Gasteiger partial charge in [0.2, 0.25) is 53.2 Å². The van der Waals surface area contributed by atoms with Crippen molar-refractivity contribution >= 4 is 82.0 Å². The Kier molecular flexibility index (Phi) is 19.8. The number of amides is 9. The van der Waals surface area contributed by atoms with E-state index in [1.165, 1.54) is 17.1 Å². The van der Waals surface area contributed by atoms with E-state index < -0.39 is 139 Å². The molecule has 0 saturated carbocycles. The smallest absolute Gasteiger partial charge is 0.326 e. The number of fused-ring (bicyclic) bond motifs is 13. The number of nitrogens with two attached hydrogens (primary N) is 2. The zero-order valence-electron chi connectivity index (χ0n) is 44.8. The zero-order chi connectivity index (χ0) is 58.0. The van der Waals surface area contributed by atoms with Crippen molar-refractivity contribution in [2.45, 2.75) is 147 Å². The number of benzene rings is 1. The molecule has 1 fully saturated rings. The van der Waals surface area contributed by atoms with Crippen LogP contribution in [0.2, 0.25) is 0 Å². The van der Waals surface area contributed by atoms with Crippen molar-refractivity contribution in [1.29, 1.82) is 0 Å². The number of imidazole rings is 1. The minimum atomic E-state index is -1.90. The molecule has 7 bridgehead atoms. The summed E-state index contributed by atoms with van der Waals surface area (Å²) >= 11 is 0. The van der Waals surface area contributed by atoms with Crippen LogP contribution in [0.25, 0.3) is 16.7 Å². The quantitative estimate of drug-likeness (QED) is 0.0319. The highest BCUT2D eigenvalue weighted by atomic mass is 16.4. The SMILES string of the molecule is CC(C)C[C@H]1NC(=O)[C@H](NC(=O)[C@H]2CCC(=O)N2)[C@@H](C(C)C)c2ccc3c4c([nH]c3c2)-n2cnc(c2)C[C@H](C(=O)N[C@H](CC(=O)O)C(=O)O)NC(=O)CNC(=O)[C@@H](CCCN=C(N)N)NC(=O)[C@H](C4)NC(=O)[C@@H](C(C)C)NC1=O. The number of aromatic nitrogens is 3. The Morgan fingerprint density at radius 1 is 0.797 bits per heavy atom. The van der Waals surface area contributed by atoms with Crippen molar-refractivity contribution in [1.82, 2.24) is 62.4 Å². The van der Waals surface area contributed by atoms with E-state index in [4.69, 9.17) is 11.5 Å². The fourth-order valence-corrected chi connectivity index (χ4v) is 9.90. The van der Waals surface area contributed by atoms with Crippen molar-refractivity contribution in [3.05, 3.63) is 47.5 Å². The number of nitrogens with one attached hydrogen (secondary N) is 10. The summed E-state index contributed by atoms with van der Waals surface area (Å²) in [6.07, 6.45) is 1.53.